The molecule has 0 spiro atoms. The Kier molecular flexibility index (Phi) is 5.99. The van der Waals surface area contributed by atoms with Crippen molar-refractivity contribution in [3.63, 3.8) is 0 Å². The third-order valence-corrected chi connectivity index (χ3v) is 3.38. The van der Waals surface area contributed by atoms with E-state index in [0.717, 1.165) is 18.5 Å². The van der Waals surface area contributed by atoms with E-state index in [2.05, 4.69) is 38.1 Å². The molecule has 1 aromatic carbocycles. The molecule has 3 N–H and O–H groups in total. The number of carbonyl (C=O) groups is 1. The van der Waals surface area contributed by atoms with Gasteiger partial charge >= 0.3 is 0 Å². The second kappa shape index (κ2) is 7.26. The van der Waals surface area contributed by atoms with Crippen LogP contribution in [0.5, 0.6) is 0 Å². The second-order valence-electron chi connectivity index (χ2n) is 5.52. The SMILES string of the molecule is CC(C)CC(C)N(C)Cc1ccccc1C(=O)NN. The van der Waals surface area contributed by atoms with Crippen LogP contribution in [0, 0.1) is 5.92 Å². The molecule has 0 radical (unpaired) electrons. The molecular weight excluding hydrogens is 238 g/mol. The van der Waals surface area contributed by atoms with Crippen LogP contribution in [-0.2, 0) is 6.54 Å². The summed E-state index contributed by atoms with van der Waals surface area (Å²) in [4.78, 5) is 14.0. The largest absolute Gasteiger partial charge is 0.299 e. The topological polar surface area (TPSA) is 58.4 Å². The lowest BCUT2D eigenvalue weighted by Gasteiger charge is -2.26. The third-order valence-electron chi connectivity index (χ3n) is 3.38. The van der Waals surface area contributed by atoms with Gasteiger partial charge in [0.1, 0.15) is 0 Å². The van der Waals surface area contributed by atoms with Gasteiger partial charge in [0.25, 0.3) is 5.91 Å². The van der Waals surface area contributed by atoms with E-state index in [4.69, 9.17) is 5.84 Å². The maximum atomic E-state index is 11.7. The van der Waals surface area contributed by atoms with Gasteiger partial charge in [-0.05, 0) is 37.9 Å². The van der Waals surface area contributed by atoms with E-state index in [9.17, 15) is 4.79 Å². The lowest BCUT2D eigenvalue weighted by atomic mass is 10.0. The van der Waals surface area contributed by atoms with Crippen molar-refractivity contribution in [3.05, 3.63) is 35.4 Å². The van der Waals surface area contributed by atoms with E-state index in [1.807, 2.05) is 18.2 Å². The Morgan fingerprint density at radius 2 is 1.95 bits per heavy atom. The summed E-state index contributed by atoms with van der Waals surface area (Å²) in [6.45, 7) is 7.41. The first-order chi connectivity index (χ1) is 8.95. The lowest BCUT2D eigenvalue weighted by molar-refractivity contribution is 0.0951. The Morgan fingerprint density at radius 1 is 1.32 bits per heavy atom. The van der Waals surface area contributed by atoms with Crippen LogP contribution < -0.4 is 11.3 Å². The molecule has 106 valence electrons. The molecule has 0 aliphatic rings. The molecular formula is C15H25N3O. The van der Waals surface area contributed by atoms with Crippen LogP contribution in [0.25, 0.3) is 0 Å². The van der Waals surface area contributed by atoms with Gasteiger partial charge in [0.05, 0.1) is 0 Å². The van der Waals surface area contributed by atoms with Crippen LogP contribution in [0.4, 0.5) is 0 Å². The Bertz CT molecular complexity index is 418. The van der Waals surface area contributed by atoms with Gasteiger partial charge in [0.2, 0.25) is 0 Å². The molecule has 0 heterocycles. The summed E-state index contributed by atoms with van der Waals surface area (Å²) in [5.41, 5.74) is 3.85. The van der Waals surface area contributed by atoms with Crippen LogP contribution in [0.1, 0.15) is 43.1 Å². The maximum Gasteiger partial charge on any atom is 0.265 e. The molecule has 0 saturated carbocycles. The van der Waals surface area contributed by atoms with Gasteiger partial charge in [-0.15, -0.1) is 0 Å². The molecule has 1 aromatic rings. The van der Waals surface area contributed by atoms with E-state index in [1.165, 1.54) is 0 Å². The zero-order valence-corrected chi connectivity index (χ0v) is 12.3. The minimum absolute atomic E-state index is 0.236. The first kappa shape index (κ1) is 15.7. The number of benzene rings is 1. The van der Waals surface area contributed by atoms with Gasteiger partial charge in [-0.2, -0.15) is 0 Å². The number of carbonyl (C=O) groups excluding carboxylic acids is 1. The quantitative estimate of drug-likeness (QED) is 0.470. The minimum Gasteiger partial charge on any atom is -0.299 e. The van der Waals surface area contributed by atoms with Crippen molar-refractivity contribution in [1.82, 2.24) is 10.3 Å². The summed E-state index contributed by atoms with van der Waals surface area (Å²) < 4.78 is 0. The molecule has 4 heteroatoms. The average molecular weight is 263 g/mol. The second-order valence-corrected chi connectivity index (χ2v) is 5.52. The molecule has 19 heavy (non-hydrogen) atoms. The average Bonchev–Trinajstić information content (AvgIpc) is 2.37. The Morgan fingerprint density at radius 3 is 2.53 bits per heavy atom. The smallest absolute Gasteiger partial charge is 0.265 e. The number of hydrazine groups is 1. The van der Waals surface area contributed by atoms with E-state index in [1.54, 1.807) is 6.07 Å². The zero-order valence-electron chi connectivity index (χ0n) is 12.3. The molecule has 0 aliphatic heterocycles. The highest BCUT2D eigenvalue weighted by Crippen LogP contribution is 2.15. The fourth-order valence-corrected chi connectivity index (χ4v) is 2.24. The van der Waals surface area contributed by atoms with Crippen molar-refractivity contribution in [1.29, 1.82) is 0 Å². The molecule has 0 bridgehead atoms. The molecule has 0 fully saturated rings. The monoisotopic (exact) mass is 263 g/mol. The molecule has 4 nitrogen and oxygen atoms in total. The molecule has 1 atom stereocenters. The highest BCUT2D eigenvalue weighted by atomic mass is 16.2. The molecule has 1 rings (SSSR count). The summed E-state index contributed by atoms with van der Waals surface area (Å²) in [7, 11) is 2.09. The third kappa shape index (κ3) is 4.65. The predicted octanol–water partition coefficient (Wildman–Crippen LogP) is 2.16. The summed E-state index contributed by atoms with van der Waals surface area (Å²) in [5.74, 6) is 5.65. The minimum atomic E-state index is -0.236. The maximum absolute atomic E-state index is 11.7. The van der Waals surface area contributed by atoms with E-state index >= 15 is 0 Å². The van der Waals surface area contributed by atoms with Crippen LogP contribution in [-0.4, -0.2) is 23.9 Å². The number of hydrogen-bond donors (Lipinski definition) is 2. The van der Waals surface area contributed by atoms with Crippen molar-refractivity contribution in [2.24, 2.45) is 11.8 Å². The van der Waals surface area contributed by atoms with Crippen molar-refractivity contribution in [2.75, 3.05) is 7.05 Å². The first-order valence-electron chi connectivity index (χ1n) is 6.74. The molecule has 1 unspecified atom stereocenters. The fourth-order valence-electron chi connectivity index (χ4n) is 2.24. The standard InChI is InChI=1S/C15H25N3O/c1-11(2)9-12(3)18(4)10-13-7-5-6-8-14(13)15(19)17-16/h5-8,11-12H,9-10,16H2,1-4H3,(H,17,19). The number of nitrogens with zero attached hydrogens (tertiary/aromatic N) is 1. The Balaban J connectivity index is 2.79. The number of nitrogens with two attached hydrogens (primary N) is 1. The Hall–Kier alpha value is -1.39. The van der Waals surface area contributed by atoms with Crippen molar-refractivity contribution in [2.45, 2.75) is 39.8 Å². The lowest BCUT2D eigenvalue weighted by Crippen LogP contribution is -2.33. The molecule has 0 aliphatic carbocycles. The predicted molar refractivity (Wildman–Crippen MR) is 78.5 cm³/mol. The summed E-state index contributed by atoms with van der Waals surface area (Å²) in [5, 5.41) is 0. The number of hydrogen-bond acceptors (Lipinski definition) is 3. The molecule has 0 aromatic heterocycles. The van der Waals surface area contributed by atoms with Crippen molar-refractivity contribution >= 4 is 5.91 Å². The highest BCUT2D eigenvalue weighted by molar-refractivity contribution is 5.95. The van der Waals surface area contributed by atoms with Crippen molar-refractivity contribution < 1.29 is 4.79 Å². The molecule has 0 saturated heterocycles. The zero-order chi connectivity index (χ0) is 14.4. The van der Waals surface area contributed by atoms with Crippen LogP contribution in [0.3, 0.4) is 0 Å². The van der Waals surface area contributed by atoms with Gasteiger partial charge in [-0.25, -0.2) is 5.84 Å². The Labute approximate surface area is 115 Å². The highest BCUT2D eigenvalue weighted by Gasteiger charge is 2.15. The molecule has 1 amide bonds. The van der Waals surface area contributed by atoms with Crippen LogP contribution in [0.2, 0.25) is 0 Å². The number of nitrogen functional groups attached to an aromatic ring is 1. The summed E-state index contributed by atoms with van der Waals surface area (Å²) in [6, 6.07) is 8.06. The van der Waals surface area contributed by atoms with Crippen LogP contribution in [0.15, 0.2) is 24.3 Å². The van der Waals surface area contributed by atoms with E-state index < -0.39 is 0 Å². The van der Waals surface area contributed by atoms with Gasteiger partial charge in [0.15, 0.2) is 0 Å². The first-order valence-corrected chi connectivity index (χ1v) is 6.74. The number of amides is 1. The number of nitrogens with one attached hydrogen (secondary N) is 1. The normalized spacial score (nSPS) is 12.8. The van der Waals surface area contributed by atoms with E-state index in [0.29, 0.717) is 17.5 Å². The van der Waals surface area contributed by atoms with Gasteiger partial charge in [-0.3, -0.25) is 15.1 Å². The summed E-state index contributed by atoms with van der Waals surface area (Å²) in [6.07, 6.45) is 1.14. The van der Waals surface area contributed by atoms with Gasteiger partial charge < -0.3 is 0 Å². The van der Waals surface area contributed by atoms with Crippen molar-refractivity contribution in [3.8, 4) is 0 Å². The van der Waals surface area contributed by atoms with Gasteiger partial charge in [0, 0.05) is 18.2 Å². The van der Waals surface area contributed by atoms with Crippen LogP contribution >= 0.6 is 0 Å². The van der Waals surface area contributed by atoms with E-state index in [-0.39, 0.29) is 5.91 Å². The summed E-state index contributed by atoms with van der Waals surface area (Å²) >= 11 is 0. The fraction of sp³-hybridized carbons (Fsp3) is 0.533. The van der Waals surface area contributed by atoms with Gasteiger partial charge in [-0.1, -0.05) is 32.0 Å². The number of rotatable bonds is 6.